The van der Waals surface area contributed by atoms with E-state index in [1.807, 2.05) is 11.4 Å². The number of hydrogen-bond donors (Lipinski definition) is 2. The molecule has 2 heterocycles. The van der Waals surface area contributed by atoms with E-state index in [4.69, 9.17) is 9.15 Å². The number of benzene rings is 1. The normalized spacial score (nSPS) is 12.1. The van der Waals surface area contributed by atoms with Gasteiger partial charge in [0.2, 0.25) is 0 Å². The largest absolute Gasteiger partial charge is 0.493 e. The lowest BCUT2D eigenvalue weighted by Gasteiger charge is -2.10. The van der Waals surface area contributed by atoms with Crippen LogP contribution in [0.2, 0.25) is 0 Å². The molecular formula is C17H15NO5S. The van der Waals surface area contributed by atoms with Crippen LogP contribution in [0.1, 0.15) is 21.3 Å². The van der Waals surface area contributed by atoms with Crippen LogP contribution in [-0.4, -0.2) is 24.7 Å². The van der Waals surface area contributed by atoms with Gasteiger partial charge in [0.15, 0.2) is 11.3 Å². The smallest absolute Gasteiger partial charge is 0.349 e. The molecule has 0 fully saturated rings. The van der Waals surface area contributed by atoms with Gasteiger partial charge in [0.1, 0.15) is 11.7 Å². The molecular weight excluding hydrogens is 330 g/mol. The van der Waals surface area contributed by atoms with Crippen LogP contribution in [0.5, 0.6) is 5.75 Å². The van der Waals surface area contributed by atoms with Crippen molar-refractivity contribution in [3.05, 3.63) is 62.6 Å². The number of amides is 1. The molecule has 2 N–H and O–H groups in total. The highest BCUT2D eigenvalue weighted by Gasteiger charge is 2.17. The van der Waals surface area contributed by atoms with Gasteiger partial charge in [0, 0.05) is 16.8 Å². The molecule has 0 spiro atoms. The monoisotopic (exact) mass is 345 g/mol. The molecule has 24 heavy (non-hydrogen) atoms. The van der Waals surface area contributed by atoms with Crippen molar-refractivity contribution < 1.29 is 19.1 Å². The standard InChI is InChI=1S/C17H15NO5S/c1-22-13-5-2-4-10-8-11(17(21)23-15(10)13)16(20)18-9-12(19)14-6-3-7-24-14/h2-8,12,19H,9H2,1H3,(H,18,20)/t12-/m0/s1. The van der Waals surface area contributed by atoms with E-state index in [1.54, 1.807) is 24.3 Å². The van der Waals surface area contributed by atoms with Crippen LogP contribution in [0.25, 0.3) is 11.0 Å². The van der Waals surface area contributed by atoms with Crippen molar-refractivity contribution in [3.8, 4) is 5.75 Å². The fourth-order valence-corrected chi connectivity index (χ4v) is 3.01. The second kappa shape index (κ2) is 6.86. The third-order valence-corrected chi connectivity index (χ3v) is 4.49. The van der Waals surface area contributed by atoms with Crippen molar-refractivity contribution in [2.24, 2.45) is 0 Å². The zero-order valence-corrected chi connectivity index (χ0v) is 13.6. The third-order valence-electron chi connectivity index (χ3n) is 3.52. The summed E-state index contributed by atoms with van der Waals surface area (Å²) >= 11 is 1.39. The first-order chi connectivity index (χ1) is 11.6. The van der Waals surface area contributed by atoms with Crippen molar-refractivity contribution in [2.75, 3.05) is 13.7 Å². The van der Waals surface area contributed by atoms with Crippen LogP contribution in [0.3, 0.4) is 0 Å². The Kier molecular flexibility index (Phi) is 4.64. The Labute approximate surface area is 141 Å². The van der Waals surface area contributed by atoms with Crippen LogP contribution < -0.4 is 15.7 Å². The van der Waals surface area contributed by atoms with E-state index in [-0.39, 0.29) is 12.1 Å². The van der Waals surface area contributed by atoms with Crippen molar-refractivity contribution >= 4 is 28.2 Å². The summed E-state index contributed by atoms with van der Waals surface area (Å²) < 4.78 is 10.4. The summed E-state index contributed by atoms with van der Waals surface area (Å²) in [6, 6.07) is 10.2. The highest BCUT2D eigenvalue weighted by atomic mass is 32.1. The predicted octanol–water partition coefficient (Wildman–Crippen LogP) is 2.33. The van der Waals surface area contributed by atoms with Crippen LogP contribution in [0.15, 0.2) is 51.0 Å². The molecule has 0 saturated heterocycles. The minimum absolute atomic E-state index is 0.00886. The maximum absolute atomic E-state index is 12.2. The second-order valence-electron chi connectivity index (χ2n) is 5.07. The number of nitrogens with one attached hydrogen (secondary N) is 1. The predicted molar refractivity (Wildman–Crippen MR) is 90.6 cm³/mol. The van der Waals surface area contributed by atoms with Gasteiger partial charge in [-0.25, -0.2) is 4.79 Å². The first kappa shape index (κ1) is 16.2. The highest BCUT2D eigenvalue weighted by Crippen LogP contribution is 2.24. The Balaban J connectivity index is 1.82. The number of para-hydroxylation sites is 1. The van der Waals surface area contributed by atoms with Crippen LogP contribution >= 0.6 is 11.3 Å². The zero-order valence-electron chi connectivity index (χ0n) is 12.8. The SMILES string of the molecule is COc1cccc2cc(C(=O)NC[C@H](O)c3cccs3)c(=O)oc12. The lowest BCUT2D eigenvalue weighted by Crippen LogP contribution is -2.31. The Morgan fingerprint density at radius 2 is 2.21 bits per heavy atom. The number of aliphatic hydroxyl groups is 1. The number of thiophene rings is 1. The molecule has 3 aromatic rings. The first-order valence-corrected chi connectivity index (χ1v) is 8.08. The lowest BCUT2D eigenvalue weighted by molar-refractivity contribution is 0.0914. The summed E-state index contributed by atoms with van der Waals surface area (Å²) in [6.07, 6.45) is -0.818. The fourth-order valence-electron chi connectivity index (χ4n) is 2.30. The molecule has 0 aliphatic carbocycles. The summed E-state index contributed by atoms with van der Waals surface area (Å²) in [5.41, 5.74) is -0.579. The van der Waals surface area contributed by atoms with Gasteiger partial charge in [-0.1, -0.05) is 18.2 Å². The van der Waals surface area contributed by atoms with Crippen molar-refractivity contribution in [2.45, 2.75) is 6.10 Å². The molecule has 7 heteroatoms. The van der Waals surface area contributed by atoms with E-state index < -0.39 is 17.6 Å². The van der Waals surface area contributed by atoms with E-state index in [9.17, 15) is 14.7 Å². The van der Waals surface area contributed by atoms with Gasteiger partial charge in [-0.05, 0) is 23.6 Å². The number of hydrogen-bond acceptors (Lipinski definition) is 6. The van der Waals surface area contributed by atoms with Crippen molar-refractivity contribution in [1.82, 2.24) is 5.32 Å². The molecule has 0 radical (unpaired) electrons. The Bertz CT molecular complexity index is 916. The molecule has 124 valence electrons. The fraction of sp³-hybridized carbons (Fsp3) is 0.176. The van der Waals surface area contributed by atoms with Crippen molar-refractivity contribution in [1.29, 1.82) is 0 Å². The molecule has 3 rings (SSSR count). The van der Waals surface area contributed by atoms with Crippen LogP contribution in [0, 0.1) is 0 Å². The average molecular weight is 345 g/mol. The lowest BCUT2D eigenvalue weighted by atomic mass is 10.1. The molecule has 0 saturated carbocycles. The maximum atomic E-state index is 12.2. The van der Waals surface area contributed by atoms with Crippen molar-refractivity contribution in [3.63, 3.8) is 0 Å². The molecule has 0 aliphatic heterocycles. The number of methoxy groups -OCH3 is 1. The zero-order chi connectivity index (χ0) is 17.1. The Morgan fingerprint density at radius 3 is 2.92 bits per heavy atom. The molecule has 0 unspecified atom stereocenters. The number of aliphatic hydroxyl groups excluding tert-OH is 1. The van der Waals surface area contributed by atoms with Crippen LogP contribution in [0.4, 0.5) is 0 Å². The molecule has 6 nitrogen and oxygen atoms in total. The maximum Gasteiger partial charge on any atom is 0.349 e. The quantitative estimate of drug-likeness (QED) is 0.693. The van der Waals surface area contributed by atoms with Gasteiger partial charge in [-0.2, -0.15) is 0 Å². The molecule has 2 aromatic heterocycles. The number of ether oxygens (including phenoxy) is 1. The average Bonchev–Trinajstić information content (AvgIpc) is 3.13. The number of rotatable bonds is 5. The van der Waals surface area contributed by atoms with Gasteiger partial charge < -0.3 is 19.6 Å². The summed E-state index contributed by atoms with van der Waals surface area (Å²) in [6.45, 7) is 0.00886. The minimum Gasteiger partial charge on any atom is -0.493 e. The highest BCUT2D eigenvalue weighted by molar-refractivity contribution is 7.10. The van der Waals surface area contributed by atoms with Gasteiger partial charge in [0.05, 0.1) is 7.11 Å². The number of fused-ring (bicyclic) bond motifs is 1. The van der Waals surface area contributed by atoms with E-state index in [1.165, 1.54) is 24.5 Å². The van der Waals surface area contributed by atoms with E-state index in [0.29, 0.717) is 16.7 Å². The summed E-state index contributed by atoms with van der Waals surface area (Å²) in [7, 11) is 1.47. The minimum atomic E-state index is -0.818. The summed E-state index contributed by atoms with van der Waals surface area (Å²) in [5.74, 6) is -0.172. The third kappa shape index (κ3) is 3.17. The number of carbonyl (C=O) groups is 1. The van der Waals surface area contributed by atoms with Gasteiger partial charge >= 0.3 is 5.63 Å². The first-order valence-electron chi connectivity index (χ1n) is 7.20. The number of carbonyl (C=O) groups excluding carboxylic acids is 1. The van der Waals surface area contributed by atoms with Gasteiger partial charge in [-0.3, -0.25) is 4.79 Å². The molecule has 1 atom stereocenters. The summed E-state index contributed by atoms with van der Waals surface area (Å²) in [5, 5.41) is 15.0. The van der Waals surface area contributed by atoms with Crippen LogP contribution in [-0.2, 0) is 0 Å². The molecule has 1 amide bonds. The molecule has 0 aliphatic rings. The van der Waals surface area contributed by atoms with E-state index in [0.717, 1.165) is 4.88 Å². The van der Waals surface area contributed by atoms with E-state index >= 15 is 0 Å². The summed E-state index contributed by atoms with van der Waals surface area (Å²) in [4.78, 5) is 25.0. The molecule has 1 aromatic carbocycles. The topological polar surface area (TPSA) is 88.8 Å². The Morgan fingerprint density at radius 1 is 1.38 bits per heavy atom. The van der Waals surface area contributed by atoms with E-state index in [2.05, 4.69) is 5.32 Å². The Hall–Kier alpha value is -2.64. The van der Waals surface area contributed by atoms with Gasteiger partial charge in [-0.15, -0.1) is 11.3 Å². The van der Waals surface area contributed by atoms with Gasteiger partial charge in [0.25, 0.3) is 5.91 Å². The second-order valence-corrected chi connectivity index (χ2v) is 6.05. The molecule has 0 bridgehead atoms.